The van der Waals surface area contributed by atoms with Gasteiger partial charge in [-0.1, -0.05) is 0 Å². The minimum absolute atomic E-state index is 0.0443. The zero-order chi connectivity index (χ0) is 16.6. The minimum atomic E-state index is -0.327. The van der Waals surface area contributed by atoms with E-state index in [0.29, 0.717) is 17.9 Å². The van der Waals surface area contributed by atoms with Gasteiger partial charge in [-0.2, -0.15) is 5.10 Å². The van der Waals surface area contributed by atoms with E-state index < -0.39 is 0 Å². The summed E-state index contributed by atoms with van der Waals surface area (Å²) in [6.45, 7) is 2.04. The first-order chi connectivity index (χ1) is 10.9. The molecule has 8 heteroatoms. The van der Waals surface area contributed by atoms with Crippen LogP contribution in [0, 0.1) is 0 Å². The normalized spacial score (nSPS) is 14.5. The van der Waals surface area contributed by atoms with E-state index in [1.54, 1.807) is 18.7 Å². The molecule has 1 saturated carbocycles. The first-order valence-corrected chi connectivity index (χ1v) is 7.61. The van der Waals surface area contributed by atoms with E-state index in [2.05, 4.69) is 15.1 Å². The van der Waals surface area contributed by atoms with Crippen molar-refractivity contribution in [3.8, 4) is 11.4 Å². The van der Waals surface area contributed by atoms with Gasteiger partial charge in [-0.25, -0.2) is 4.98 Å². The lowest BCUT2D eigenvalue weighted by Gasteiger charge is -2.37. The molecule has 0 spiro atoms. The number of carbonyl (C=O) groups excluding carboxylic acids is 1. The van der Waals surface area contributed by atoms with Crippen LogP contribution in [0.3, 0.4) is 0 Å². The Bertz CT molecular complexity index is 790. The van der Waals surface area contributed by atoms with Crippen molar-refractivity contribution in [1.29, 1.82) is 0 Å². The molecule has 2 aromatic heterocycles. The van der Waals surface area contributed by atoms with Gasteiger partial charge in [0, 0.05) is 44.4 Å². The van der Waals surface area contributed by atoms with Crippen LogP contribution in [0.15, 0.2) is 17.1 Å². The van der Waals surface area contributed by atoms with Gasteiger partial charge < -0.3 is 10.6 Å². The van der Waals surface area contributed by atoms with Crippen LogP contribution in [0.4, 0.5) is 5.95 Å². The Balaban J connectivity index is 1.96. The summed E-state index contributed by atoms with van der Waals surface area (Å²) in [6, 6.07) is 1.65. The molecule has 2 heterocycles. The molecule has 0 aromatic carbocycles. The largest absolute Gasteiger partial charge is 0.369 e. The zero-order valence-electron chi connectivity index (χ0n) is 13.2. The summed E-state index contributed by atoms with van der Waals surface area (Å²) in [7, 11) is 1.80. The molecular formula is C15H20N6O2. The molecule has 0 aliphatic heterocycles. The number of aromatic amines is 1. The third-order valence-corrected chi connectivity index (χ3v) is 4.17. The summed E-state index contributed by atoms with van der Waals surface area (Å²) in [5, 5.41) is 4.39. The highest BCUT2D eigenvalue weighted by Gasteiger charge is 2.28. The fraction of sp³-hybridized carbons (Fsp3) is 0.467. The van der Waals surface area contributed by atoms with Crippen molar-refractivity contribution in [3.05, 3.63) is 28.2 Å². The summed E-state index contributed by atoms with van der Waals surface area (Å²) >= 11 is 0. The number of nitrogens with zero attached hydrogens (tertiary/aromatic N) is 4. The Hall–Kier alpha value is -2.64. The number of nitrogens with one attached hydrogen (secondary N) is 1. The highest BCUT2D eigenvalue weighted by atomic mass is 16.2. The number of hydrogen-bond acceptors (Lipinski definition) is 5. The zero-order valence-corrected chi connectivity index (χ0v) is 13.2. The monoisotopic (exact) mass is 316 g/mol. The fourth-order valence-corrected chi connectivity index (χ4v) is 2.85. The summed E-state index contributed by atoms with van der Waals surface area (Å²) in [6.07, 6.45) is 5.07. The van der Waals surface area contributed by atoms with Crippen molar-refractivity contribution in [1.82, 2.24) is 24.6 Å². The lowest BCUT2D eigenvalue weighted by Crippen LogP contribution is -2.42. The maximum absolute atomic E-state index is 12.0. The topological polar surface area (TPSA) is 110 Å². The first kappa shape index (κ1) is 15.3. The second kappa shape index (κ2) is 5.86. The van der Waals surface area contributed by atoms with Crippen LogP contribution < -0.4 is 11.3 Å². The number of aromatic nitrogens is 4. The van der Waals surface area contributed by atoms with Gasteiger partial charge in [-0.05, 0) is 19.3 Å². The van der Waals surface area contributed by atoms with Crippen molar-refractivity contribution >= 4 is 11.9 Å². The summed E-state index contributed by atoms with van der Waals surface area (Å²) in [4.78, 5) is 32.0. The number of H-pyrrole nitrogens is 1. The lowest BCUT2D eigenvalue weighted by atomic mass is 9.91. The van der Waals surface area contributed by atoms with Gasteiger partial charge in [0.1, 0.15) is 11.4 Å². The molecule has 1 amide bonds. The number of amides is 1. The SMILES string of the molecule is CC(=O)N(Cc1cn(C)nc1-c1cc(=O)[nH]c(N)n1)C1CCC1. The maximum atomic E-state index is 12.0. The molecular weight excluding hydrogens is 296 g/mol. The quantitative estimate of drug-likeness (QED) is 0.860. The van der Waals surface area contributed by atoms with Gasteiger partial charge in [0.2, 0.25) is 11.9 Å². The molecule has 8 nitrogen and oxygen atoms in total. The minimum Gasteiger partial charge on any atom is -0.369 e. The molecule has 1 aliphatic carbocycles. The number of hydrogen-bond donors (Lipinski definition) is 2. The van der Waals surface area contributed by atoms with Gasteiger partial charge >= 0.3 is 0 Å². The molecule has 122 valence electrons. The lowest BCUT2D eigenvalue weighted by molar-refractivity contribution is -0.133. The average molecular weight is 316 g/mol. The van der Waals surface area contributed by atoms with Gasteiger partial charge in [-0.3, -0.25) is 19.3 Å². The molecule has 1 aliphatic rings. The predicted molar refractivity (Wildman–Crippen MR) is 85.3 cm³/mol. The smallest absolute Gasteiger partial charge is 0.252 e. The van der Waals surface area contributed by atoms with Crippen LogP contribution in [0.5, 0.6) is 0 Å². The van der Waals surface area contributed by atoms with Crippen molar-refractivity contribution in [3.63, 3.8) is 0 Å². The number of nitrogens with two attached hydrogens (primary N) is 1. The van der Waals surface area contributed by atoms with Crippen LogP contribution in [0.2, 0.25) is 0 Å². The predicted octanol–water partition coefficient (Wildman–Crippen LogP) is 0.654. The van der Waals surface area contributed by atoms with Crippen molar-refractivity contribution in [2.45, 2.75) is 38.8 Å². The molecule has 3 rings (SSSR count). The molecule has 1 fully saturated rings. The van der Waals surface area contributed by atoms with Gasteiger partial charge in [-0.15, -0.1) is 0 Å². The van der Waals surface area contributed by atoms with Crippen molar-refractivity contribution in [2.24, 2.45) is 7.05 Å². The second-order valence-electron chi connectivity index (χ2n) is 5.92. The second-order valence-corrected chi connectivity index (χ2v) is 5.92. The van der Waals surface area contributed by atoms with Crippen LogP contribution >= 0.6 is 0 Å². The number of aryl methyl sites for hydroxylation is 1. The van der Waals surface area contributed by atoms with E-state index in [-0.39, 0.29) is 23.5 Å². The van der Waals surface area contributed by atoms with E-state index in [1.807, 2.05) is 11.1 Å². The third-order valence-electron chi connectivity index (χ3n) is 4.17. The number of rotatable bonds is 4. The molecule has 0 saturated heterocycles. The van der Waals surface area contributed by atoms with Crippen molar-refractivity contribution < 1.29 is 4.79 Å². The highest BCUT2D eigenvalue weighted by Crippen LogP contribution is 2.28. The van der Waals surface area contributed by atoms with Gasteiger partial charge in [0.15, 0.2) is 0 Å². The van der Waals surface area contributed by atoms with E-state index in [1.165, 1.54) is 6.07 Å². The molecule has 0 radical (unpaired) electrons. The molecule has 0 bridgehead atoms. The van der Waals surface area contributed by atoms with Crippen LogP contribution in [0.1, 0.15) is 31.7 Å². The Morgan fingerprint density at radius 3 is 2.83 bits per heavy atom. The van der Waals surface area contributed by atoms with E-state index in [9.17, 15) is 9.59 Å². The fourth-order valence-electron chi connectivity index (χ4n) is 2.85. The highest BCUT2D eigenvalue weighted by molar-refractivity contribution is 5.74. The summed E-state index contributed by atoms with van der Waals surface area (Å²) in [5.74, 6) is 0.0920. The molecule has 3 N–H and O–H groups in total. The standard InChI is InChI=1S/C15H20N6O2/c1-9(22)21(11-4-3-5-11)8-10-7-20(2)19-14(10)12-6-13(23)18-15(16)17-12/h6-7,11H,3-5,8H2,1-2H3,(H3,16,17,18,23). The van der Waals surface area contributed by atoms with Crippen molar-refractivity contribution in [2.75, 3.05) is 5.73 Å². The Labute approximate surface area is 133 Å². The third kappa shape index (κ3) is 3.10. The van der Waals surface area contributed by atoms with Crippen LogP contribution in [-0.4, -0.2) is 36.6 Å². The molecule has 0 atom stereocenters. The first-order valence-electron chi connectivity index (χ1n) is 7.61. The Morgan fingerprint density at radius 1 is 1.52 bits per heavy atom. The Morgan fingerprint density at radius 2 is 2.26 bits per heavy atom. The number of anilines is 1. The van der Waals surface area contributed by atoms with E-state index in [4.69, 9.17) is 5.73 Å². The Kier molecular flexibility index (Phi) is 3.89. The van der Waals surface area contributed by atoms with Gasteiger partial charge in [0.05, 0.1) is 0 Å². The molecule has 2 aromatic rings. The van der Waals surface area contributed by atoms with Crippen LogP contribution in [0.25, 0.3) is 11.4 Å². The van der Waals surface area contributed by atoms with E-state index in [0.717, 1.165) is 24.8 Å². The van der Waals surface area contributed by atoms with E-state index >= 15 is 0 Å². The molecule has 23 heavy (non-hydrogen) atoms. The summed E-state index contributed by atoms with van der Waals surface area (Å²) < 4.78 is 1.66. The average Bonchev–Trinajstić information content (AvgIpc) is 2.75. The maximum Gasteiger partial charge on any atom is 0.252 e. The van der Waals surface area contributed by atoms with Gasteiger partial charge in [0.25, 0.3) is 5.56 Å². The molecule has 0 unspecified atom stereocenters. The number of nitrogen functional groups attached to an aromatic ring is 1. The summed E-state index contributed by atoms with van der Waals surface area (Å²) in [5.41, 5.74) is 7.14. The van der Waals surface area contributed by atoms with Crippen LogP contribution in [-0.2, 0) is 18.4 Å². The number of carbonyl (C=O) groups is 1.